The molecule has 2 rings (SSSR count). The van der Waals surface area contributed by atoms with Crippen LogP contribution in [0.15, 0.2) is 16.9 Å². The van der Waals surface area contributed by atoms with Crippen LogP contribution in [0.25, 0.3) is 0 Å². The molecule has 1 fully saturated rings. The van der Waals surface area contributed by atoms with Crippen molar-refractivity contribution in [2.24, 2.45) is 0 Å². The molecule has 4 nitrogen and oxygen atoms in total. The average molecular weight is 165 g/mol. The standard InChI is InChI=1S/C8H11N3O/c12-8-4-3-7(10-11-8)6-2-1-5-9-6/h3-4,6,9H,1-2,5H2,(H,11,12). The fourth-order valence-electron chi connectivity index (χ4n) is 1.49. The summed E-state index contributed by atoms with van der Waals surface area (Å²) in [6.45, 7) is 1.05. The summed E-state index contributed by atoms with van der Waals surface area (Å²) >= 11 is 0. The summed E-state index contributed by atoms with van der Waals surface area (Å²) < 4.78 is 0. The molecule has 1 aromatic heterocycles. The van der Waals surface area contributed by atoms with E-state index in [4.69, 9.17) is 0 Å². The van der Waals surface area contributed by atoms with Crippen molar-refractivity contribution in [3.05, 3.63) is 28.2 Å². The number of nitrogens with zero attached hydrogens (tertiary/aromatic N) is 1. The Morgan fingerprint density at radius 1 is 1.50 bits per heavy atom. The molecule has 1 saturated heterocycles. The Kier molecular flexibility index (Phi) is 1.91. The second kappa shape index (κ2) is 3.06. The van der Waals surface area contributed by atoms with Crippen molar-refractivity contribution in [2.45, 2.75) is 18.9 Å². The highest BCUT2D eigenvalue weighted by Gasteiger charge is 2.16. The van der Waals surface area contributed by atoms with E-state index in [0.717, 1.165) is 18.7 Å². The highest BCUT2D eigenvalue weighted by atomic mass is 16.1. The highest BCUT2D eigenvalue weighted by Crippen LogP contribution is 2.19. The monoisotopic (exact) mass is 165 g/mol. The van der Waals surface area contributed by atoms with Crippen molar-refractivity contribution in [1.82, 2.24) is 15.5 Å². The summed E-state index contributed by atoms with van der Waals surface area (Å²) in [5.74, 6) is 0. The predicted molar refractivity (Wildman–Crippen MR) is 44.8 cm³/mol. The van der Waals surface area contributed by atoms with E-state index in [0.29, 0.717) is 6.04 Å². The summed E-state index contributed by atoms with van der Waals surface area (Å²) in [7, 11) is 0. The van der Waals surface area contributed by atoms with Crippen LogP contribution < -0.4 is 10.9 Å². The maximum atomic E-state index is 10.7. The van der Waals surface area contributed by atoms with Crippen molar-refractivity contribution >= 4 is 0 Å². The molecule has 0 aliphatic carbocycles. The van der Waals surface area contributed by atoms with Crippen molar-refractivity contribution in [2.75, 3.05) is 6.54 Å². The summed E-state index contributed by atoms with van der Waals surface area (Å²) in [6.07, 6.45) is 2.30. The number of hydrogen-bond donors (Lipinski definition) is 2. The lowest BCUT2D eigenvalue weighted by atomic mass is 10.1. The van der Waals surface area contributed by atoms with Gasteiger partial charge in [-0.3, -0.25) is 4.79 Å². The van der Waals surface area contributed by atoms with Crippen LogP contribution in [0.1, 0.15) is 24.6 Å². The first-order valence-corrected chi connectivity index (χ1v) is 4.15. The third-order valence-electron chi connectivity index (χ3n) is 2.12. The fraction of sp³-hybridized carbons (Fsp3) is 0.500. The molecule has 2 heterocycles. The Morgan fingerprint density at radius 2 is 2.42 bits per heavy atom. The Labute approximate surface area is 70.0 Å². The van der Waals surface area contributed by atoms with Crippen LogP contribution in [-0.4, -0.2) is 16.7 Å². The summed E-state index contributed by atoms with van der Waals surface area (Å²) in [4.78, 5) is 10.7. The second-order valence-electron chi connectivity index (χ2n) is 2.99. The van der Waals surface area contributed by atoms with Gasteiger partial charge in [-0.2, -0.15) is 5.10 Å². The Morgan fingerprint density at radius 3 is 3.00 bits per heavy atom. The minimum Gasteiger partial charge on any atom is -0.309 e. The maximum Gasteiger partial charge on any atom is 0.264 e. The maximum absolute atomic E-state index is 10.7. The molecular weight excluding hydrogens is 154 g/mol. The number of nitrogens with one attached hydrogen (secondary N) is 2. The van der Waals surface area contributed by atoms with Crippen LogP contribution in [0, 0.1) is 0 Å². The van der Waals surface area contributed by atoms with Gasteiger partial charge in [-0.25, -0.2) is 5.10 Å². The van der Waals surface area contributed by atoms with Gasteiger partial charge in [0.15, 0.2) is 0 Å². The predicted octanol–water partition coefficient (Wildman–Crippen LogP) is 0.194. The molecule has 1 unspecified atom stereocenters. The van der Waals surface area contributed by atoms with Crippen molar-refractivity contribution in [3.8, 4) is 0 Å². The van der Waals surface area contributed by atoms with Crippen molar-refractivity contribution in [1.29, 1.82) is 0 Å². The fourth-order valence-corrected chi connectivity index (χ4v) is 1.49. The van der Waals surface area contributed by atoms with Gasteiger partial charge in [0, 0.05) is 6.07 Å². The summed E-state index contributed by atoms with van der Waals surface area (Å²) in [5.41, 5.74) is 0.795. The lowest BCUT2D eigenvalue weighted by Crippen LogP contribution is -2.17. The molecule has 2 N–H and O–H groups in total. The zero-order chi connectivity index (χ0) is 8.39. The van der Waals surface area contributed by atoms with Crippen molar-refractivity contribution in [3.63, 3.8) is 0 Å². The number of rotatable bonds is 1. The van der Waals surface area contributed by atoms with Gasteiger partial charge in [0.1, 0.15) is 0 Å². The first-order valence-electron chi connectivity index (χ1n) is 4.15. The molecule has 0 spiro atoms. The van der Waals surface area contributed by atoms with Crippen LogP contribution in [0.2, 0.25) is 0 Å². The van der Waals surface area contributed by atoms with Gasteiger partial charge >= 0.3 is 0 Å². The van der Waals surface area contributed by atoms with Crippen molar-refractivity contribution < 1.29 is 0 Å². The van der Waals surface area contributed by atoms with Gasteiger partial charge in [-0.1, -0.05) is 0 Å². The molecule has 0 radical (unpaired) electrons. The Balaban J connectivity index is 2.22. The summed E-state index contributed by atoms with van der Waals surface area (Å²) in [5, 5.41) is 9.70. The highest BCUT2D eigenvalue weighted by molar-refractivity contribution is 5.06. The van der Waals surface area contributed by atoms with Gasteiger partial charge in [-0.15, -0.1) is 0 Å². The molecule has 0 saturated carbocycles. The molecule has 4 heteroatoms. The number of H-pyrrole nitrogens is 1. The average Bonchev–Trinajstić information content (AvgIpc) is 2.58. The van der Waals surface area contributed by atoms with Gasteiger partial charge < -0.3 is 5.32 Å². The van der Waals surface area contributed by atoms with Gasteiger partial charge in [0.2, 0.25) is 0 Å². The van der Waals surface area contributed by atoms with E-state index >= 15 is 0 Å². The van der Waals surface area contributed by atoms with E-state index < -0.39 is 0 Å². The third-order valence-corrected chi connectivity index (χ3v) is 2.12. The van der Waals surface area contributed by atoms with Crippen LogP contribution in [0.4, 0.5) is 0 Å². The van der Waals surface area contributed by atoms with E-state index in [1.807, 2.05) is 0 Å². The number of aromatic amines is 1. The lowest BCUT2D eigenvalue weighted by Gasteiger charge is -2.06. The lowest BCUT2D eigenvalue weighted by molar-refractivity contribution is 0.614. The van der Waals surface area contributed by atoms with Crippen LogP contribution >= 0.6 is 0 Å². The first-order chi connectivity index (χ1) is 5.86. The van der Waals surface area contributed by atoms with E-state index in [1.165, 1.54) is 12.5 Å². The first kappa shape index (κ1) is 7.49. The molecule has 1 atom stereocenters. The zero-order valence-corrected chi connectivity index (χ0v) is 6.71. The normalized spacial score (nSPS) is 22.8. The summed E-state index contributed by atoms with van der Waals surface area (Å²) in [6, 6.07) is 3.63. The van der Waals surface area contributed by atoms with Crippen LogP contribution in [0.5, 0.6) is 0 Å². The van der Waals surface area contributed by atoms with Gasteiger partial charge in [0.05, 0.1) is 11.7 Å². The molecule has 1 aliphatic rings. The molecule has 64 valence electrons. The molecular formula is C8H11N3O. The largest absolute Gasteiger partial charge is 0.309 e. The third kappa shape index (κ3) is 1.38. The number of aromatic nitrogens is 2. The van der Waals surface area contributed by atoms with Gasteiger partial charge in [-0.05, 0) is 25.5 Å². The zero-order valence-electron chi connectivity index (χ0n) is 6.71. The van der Waals surface area contributed by atoms with E-state index in [2.05, 4.69) is 15.5 Å². The molecule has 0 amide bonds. The number of hydrogen-bond acceptors (Lipinski definition) is 3. The van der Waals surface area contributed by atoms with Crippen LogP contribution in [-0.2, 0) is 0 Å². The second-order valence-corrected chi connectivity index (χ2v) is 2.99. The van der Waals surface area contributed by atoms with E-state index in [9.17, 15) is 4.79 Å². The molecule has 1 aliphatic heterocycles. The molecule has 1 aromatic rings. The molecule has 0 aromatic carbocycles. The van der Waals surface area contributed by atoms with Gasteiger partial charge in [0.25, 0.3) is 5.56 Å². The topological polar surface area (TPSA) is 57.8 Å². The quantitative estimate of drug-likeness (QED) is 0.624. The van der Waals surface area contributed by atoms with E-state index in [-0.39, 0.29) is 5.56 Å². The minimum atomic E-state index is -0.142. The van der Waals surface area contributed by atoms with E-state index in [1.54, 1.807) is 6.07 Å². The SMILES string of the molecule is O=c1ccc(C2CCCN2)n[nH]1. The van der Waals surface area contributed by atoms with Crippen LogP contribution in [0.3, 0.4) is 0 Å². The minimum absolute atomic E-state index is 0.142. The Bertz CT molecular complexity index is 294. The molecule has 0 bridgehead atoms. The molecule has 12 heavy (non-hydrogen) atoms. The Hall–Kier alpha value is -1.16. The smallest absolute Gasteiger partial charge is 0.264 e.